The molecule has 5 heteroatoms. The summed E-state index contributed by atoms with van der Waals surface area (Å²) in [5.41, 5.74) is 6.58. The normalized spacial score (nSPS) is 12.3. The Morgan fingerprint density at radius 2 is 2.44 bits per heavy atom. The molecule has 2 rings (SSSR count). The summed E-state index contributed by atoms with van der Waals surface area (Å²) in [5.74, 6) is -0.141. The smallest absolute Gasteiger partial charge is 0.268 e. The van der Waals surface area contributed by atoms with Crippen LogP contribution in [0.15, 0.2) is 29.8 Å². The molecule has 2 heterocycles. The molecule has 1 atom stereocenters. The van der Waals surface area contributed by atoms with Crippen molar-refractivity contribution in [3.63, 3.8) is 0 Å². The molecule has 0 aliphatic carbocycles. The van der Waals surface area contributed by atoms with E-state index >= 15 is 0 Å². The van der Waals surface area contributed by atoms with Gasteiger partial charge < -0.3 is 16.0 Å². The summed E-state index contributed by atoms with van der Waals surface area (Å²) in [6.45, 7) is 1.95. The first-order chi connectivity index (χ1) is 7.66. The van der Waals surface area contributed by atoms with Crippen LogP contribution in [-0.2, 0) is 0 Å². The molecule has 0 fully saturated rings. The molecule has 1 amide bonds. The van der Waals surface area contributed by atoms with Crippen LogP contribution in [0.25, 0.3) is 0 Å². The van der Waals surface area contributed by atoms with Crippen LogP contribution in [0.5, 0.6) is 0 Å². The van der Waals surface area contributed by atoms with Gasteiger partial charge in [0.05, 0.1) is 6.04 Å². The number of hydrogen-bond acceptors (Lipinski definition) is 3. The summed E-state index contributed by atoms with van der Waals surface area (Å²) >= 11 is 1.62. The zero-order valence-corrected chi connectivity index (χ0v) is 9.67. The number of carbonyl (C=O) groups is 1. The van der Waals surface area contributed by atoms with Gasteiger partial charge in [0.1, 0.15) is 5.69 Å². The van der Waals surface area contributed by atoms with Crippen LogP contribution in [0.3, 0.4) is 0 Å². The number of amides is 1. The van der Waals surface area contributed by atoms with E-state index in [2.05, 4.69) is 10.3 Å². The predicted octanol–water partition coefficient (Wildman–Crippen LogP) is 2.15. The maximum absolute atomic E-state index is 11.8. The average Bonchev–Trinajstić information content (AvgIpc) is 2.87. The lowest BCUT2D eigenvalue weighted by Gasteiger charge is -2.10. The van der Waals surface area contributed by atoms with Gasteiger partial charge in [-0.1, -0.05) is 6.07 Å². The topological polar surface area (TPSA) is 70.9 Å². The van der Waals surface area contributed by atoms with E-state index in [4.69, 9.17) is 5.73 Å². The molecular formula is C11H13N3OS. The van der Waals surface area contributed by atoms with Gasteiger partial charge in [-0.2, -0.15) is 0 Å². The van der Waals surface area contributed by atoms with Gasteiger partial charge in [0.15, 0.2) is 0 Å². The zero-order valence-electron chi connectivity index (χ0n) is 8.86. The van der Waals surface area contributed by atoms with Crippen molar-refractivity contribution in [3.8, 4) is 0 Å². The Hall–Kier alpha value is -1.75. The maximum Gasteiger partial charge on any atom is 0.268 e. The quantitative estimate of drug-likeness (QED) is 0.762. The molecular weight excluding hydrogens is 222 g/mol. The lowest BCUT2D eigenvalue weighted by Crippen LogP contribution is -2.26. The minimum atomic E-state index is -0.141. The fraction of sp³-hybridized carbons (Fsp3) is 0.182. The van der Waals surface area contributed by atoms with Crippen LogP contribution in [0.2, 0.25) is 0 Å². The fourth-order valence-electron chi connectivity index (χ4n) is 1.43. The van der Waals surface area contributed by atoms with Crippen LogP contribution < -0.4 is 11.1 Å². The first-order valence-corrected chi connectivity index (χ1v) is 5.83. The summed E-state index contributed by atoms with van der Waals surface area (Å²) in [6.07, 6.45) is 1.60. The second kappa shape index (κ2) is 4.40. The molecule has 2 aromatic heterocycles. The highest BCUT2D eigenvalue weighted by Crippen LogP contribution is 2.18. The van der Waals surface area contributed by atoms with E-state index in [1.165, 1.54) is 0 Å². The molecule has 0 spiro atoms. The monoisotopic (exact) mass is 235 g/mol. The van der Waals surface area contributed by atoms with Crippen molar-refractivity contribution < 1.29 is 4.79 Å². The third-order valence-electron chi connectivity index (χ3n) is 2.27. The molecule has 0 aliphatic rings. The molecule has 0 aromatic carbocycles. The SMILES string of the molecule is CC(NC(=O)c1cc(N)c[nH]1)c1cccs1. The Kier molecular flexibility index (Phi) is 2.96. The van der Waals surface area contributed by atoms with Crippen molar-refractivity contribution in [2.24, 2.45) is 0 Å². The number of nitrogens with one attached hydrogen (secondary N) is 2. The molecule has 0 saturated heterocycles. The Balaban J connectivity index is 2.03. The lowest BCUT2D eigenvalue weighted by atomic mass is 10.2. The van der Waals surface area contributed by atoms with E-state index < -0.39 is 0 Å². The number of rotatable bonds is 3. The van der Waals surface area contributed by atoms with Crippen LogP contribution in [0.4, 0.5) is 5.69 Å². The number of nitrogens with two attached hydrogens (primary N) is 1. The average molecular weight is 235 g/mol. The Morgan fingerprint density at radius 1 is 1.62 bits per heavy atom. The summed E-state index contributed by atoms with van der Waals surface area (Å²) in [6, 6.07) is 5.60. The number of aromatic amines is 1. The highest BCUT2D eigenvalue weighted by Gasteiger charge is 2.12. The molecule has 4 N–H and O–H groups in total. The van der Waals surface area contributed by atoms with Gasteiger partial charge in [-0.15, -0.1) is 11.3 Å². The van der Waals surface area contributed by atoms with Gasteiger partial charge in [-0.25, -0.2) is 0 Å². The van der Waals surface area contributed by atoms with E-state index in [0.717, 1.165) is 4.88 Å². The Bertz CT molecular complexity index is 475. The molecule has 16 heavy (non-hydrogen) atoms. The molecule has 1 unspecified atom stereocenters. The van der Waals surface area contributed by atoms with Gasteiger partial charge >= 0.3 is 0 Å². The Labute approximate surface area is 97.5 Å². The minimum absolute atomic E-state index is 0.0111. The lowest BCUT2D eigenvalue weighted by molar-refractivity contribution is 0.0936. The van der Waals surface area contributed by atoms with E-state index in [1.54, 1.807) is 23.6 Å². The second-order valence-corrected chi connectivity index (χ2v) is 4.54. The molecule has 2 aromatic rings. The predicted molar refractivity (Wildman–Crippen MR) is 65.4 cm³/mol. The zero-order chi connectivity index (χ0) is 11.5. The minimum Gasteiger partial charge on any atom is -0.397 e. The maximum atomic E-state index is 11.8. The Morgan fingerprint density at radius 3 is 3.00 bits per heavy atom. The van der Waals surface area contributed by atoms with Crippen LogP contribution in [0, 0.1) is 0 Å². The van der Waals surface area contributed by atoms with Crippen LogP contribution in [0.1, 0.15) is 28.3 Å². The molecule has 0 saturated carbocycles. The van der Waals surface area contributed by atoms with Crippen molar-refractivity contribution in [1.82, 2.24) is 10.3 Å². The van der Waals surface area contributed by atoms with Gasteiger partial charge in [-0.05, 0) is 24.4 Å². The number of aromatic nitrogens is 1. The van der Waals surface area contributed by atoms with Crippen molar-refractivity contribution in [1.29, 1.82) is 0 Å². The third kappa shape index (κ3) is 2.25. The van der Waals surface area contributed by atoms with Crippen molar-refractivity contribution in [2.75, 3.05) is 5.73 Å². The van der Waals surface area contributed by atoms with Crippen LogP contribution in [-0.4, -0.2) is 10.9 Å². The molecule has 0 bridgehead atoms. The van der Waals surface area contributed by atoms with E-state index in [-0.39, 0.29) is 11.9 Å². The number of nitrogen functional groups attached to an aromatic ring is 1. The fourth-order valence-corrected chi connectivity index (χ4v) is 2.16. The van der Waals surface area contributed by atoms with Gasteiger partial charge in [0.2, 0.25) is 0 Å². The standard InChI is InChI=1S/C11H13N3OS/c1-7(10-3-2-4-16-10)14-11(15)9-5-8(12)6-13-9/h2-7,13H,12H2,1H3,(H,14,15). The van der Waals surface area contributed by atoms with Crippen molar-refractivity contribution in [2.45, 2.75) is 13.0 Å². The number of hydrogen-bond donors (Lipinski definition) is 3. The summed E-state index contributed by atoms with van der Waals surface area (Å²) < 4.78 is 0. The van der Waals surface area contributed by atoms with Gasteiger partial charge in [0, 0.05) is 16.8 Å². The number of thiophene rings is 1. The summed E-state index contributed by atoms with van der Waals surface area (Å²) in [4.78, 5) is 15.7. The number of H-pyrrole nitrogens is 1. The number of anilines is 1. The molecule has 4 nitrogen and oxygen atoms in total. The molecule has 84 valence electrons. The first kappa shape index (κ1) is 10.8. The largest absolute Gasteiger partial charge is 0.397 e. The van der Waals surface area contributed by atoms with Crippen molar-refractivity contribution >= 4 is 22.9 Å². The summed E-state index contributed by atoms with van der Waals surface area (Å²) in [5, 5.41) is 4.89. The highest BCUT2D eigenvalue weighted by atomic mass is 32.1. The highest BCUT2D eigenvalue weighted by molar-refractivity contribution is 7.10. The van der Waals surface area contributed by atoms with E-state index in [1.807, 2.05) is 24.4 Å². The number of carbonyl (C=O) groups excluding carboxylic acids is 1. The summed E-state index contributed by atoms with van der Waals surface area (Å²) in [7, 11) is 0. The van der Waals surface area contributed by atoms with Crippen LogP contribution >= 0.6 is 11.3 Å². The molecule has 0 radical (unpaired) electrons. The van der Waals surface area contributed by atoms with E-state index in [9.17, 15) is 4.79 Å². The van der Waals surface area contributed by atoms with Gasteiger partial charge in [0.25, 0.3) is 5.91 Å². The molecule has 0 aliphatic heterocycles. The third-order valence-corrected chi connectivity index (χ3v) is 3.32. The van der Waals surface area contributed by atoms with Crippen molar-refractivity contribution in [3.05, 3.63) is 40.3 Å². The van der Waals surface area contributed by atoms with Gasteiger partial charge in [-0.3, -0.25) is 4.79 Å². The van der Waals surface area contributed by atoms with E-state index in [0.29, 0.717) is 11.4 Å². The second-order valence-electron chi connectivity index (χ2n) is 3.56. The first-order valence-electron chi connectivity index (χ1n) is 4.95.